The summed E-state index contributed by atoms with van der Waals surface area (Å²) >= 11 is 0. The van der Waals surface area contributed by atoms with Crippen LogP contribution in [0.4, 0.5) is 0 Å². The second kappa shape index (κ2) is 10.4. The zero-order valence-corrected chi connectivity index (χ0v) is 17.3. The average Bonchev–Trinajstić information content (AvgIpc) is 3.12. The van der Waals surface area contributed by atoms with Gasteiger partial charge in [-0.1, -0.05) is 17.7 Å². The lowest BCUT2D eigenvalue weighted by atomic mass is 10.0. The van der Waals surface area contributed by atoms with Crippen molar-refractivity contribution in [1.82, 2.24) is 16.0 Å². The van der Waals surface area contributed by atoms with E-state index in [9.17, 15) is 4.79 Å². The second-order valence-corrected chi connectivity index (χ2v) is 6.65. The van der Waals surface area contributed by atoms with Crippen LogP contribution >= 0.6 is 0 Å². The van der Waals surface area contributed by atoms with Crippen LogP contribution in [0.5, 0.6) is 5.75 Å². The lowest BCUT2D eigenvalue weighted by Crippen LogP contribution is -2.40. The van der Waals surface area contributed by atoms with E-state index >= 15 is 0 Å². The molecule has 0 aliphatic rings. The minimum absolute atomic E-state index is 0.0303. The molecule has 1 amide bonds. The van der Waals surface area contributed by atoms with E-state index in [0.717, 1.165) is 23.3 Å². The third kappa shape index (κ3) is 5.77. The van der Waals surface area contributed by atoms with Crippen molar-refractivity contribution in [3.05, 3.63) is 53.0 Å². The number of hydrogen-bond donors (Lipinski definition) is 3. The molecule has 1 atom stereocenters. The van der Waals surface area contributed by atoms with E-state index in [2.05, 4.69) is 40.9 Å². The number of furan rings is 1. The number of aliphatic imine (C=N–C) groups is 1. The zero-order chi connectivity index (χ0) is 20.5. The van der Waals surface area contributed by atoms with Crippen molar-refractivity contribution in [2.75, 3.05) is 27.2 Å². The molecule has 7 heteroatoms. The molecular formula is C21H30N4O3. The number of methoxy groups -OCH3 is 1. The Kier molecular flexibility index (Phi) is 7.92. The summed E-state index contributed by atoms with van der Waals surface area (Å²) in [7, 11) is 3.41. The van der Waals surface area contributed by atoms with Crippen LogP contribution in [0.1, 0.15) is 46.6 Å². The Labute approximate surface area is 166 Å². The molecule has 0 aliphatic carbocycles. The van der Waals surface area contributed by atoms with Crippen LogP contribution in [-0.2, 0) is 0 Å². The standard InChI is InChI=1S/C21H30N4O3/c1-14-7-8-18(27-5)17(13-14)16(3)25-21(22-4)24-11-6-10-23-20(26)19-15(2)9-12-28-19/h7-9,12-13,16H,6,10-11H2,1-5H3,(H,23,26)(H2,22,24,25). The fourth-order valence-electron chi connectivity index (χ4n) is 2.85. The maximum atomic E-state index is 12.0. The van der Waals surface area contributed by atoms with Gasteiger partial charge in [0.1, 0.15) is 5.75 Å². The molecule has 7 nitrogen and oxygen atoms in total. The third-order valence-corrected chi connectivity index (χ3v) is 4.43. The van der Waals surface area contributed by atoms with E-state index < -0.39 is 0 Å². The summed E-state index contributed by atoms with van der Waals surface area (Å²) in [5.74, 6) is 1.72. The van der Waals surface area contributed by atoms with Crippen molar-refractivity contribution in [1.29, 1.82) is 0 Å². The third-order valence-electron chi connectivity index (χ3n) is 4.43. The Bertz CT molecular complexity index is 814. The van der Waals surface area contributed by atoms with Crippen LogP contribution in [-0.4, -0.2) is 39.1 Å². The average molecular weight is 386 g/mol. The van der Waals surface area contributed by atoms with Crippen molar-refractivity contribution < 1.29 is 13.9 Å². The minimum atomic E-state index is -0.190. The Hall–Kier alpha value is -2.96. The molecule has 1 heterocycles. The summed E-state index contributed by atoms with van der Waals surface area (Å²) < 4.78 is 10.6. The molecule has 0 fully saturated rings. The first-order valence-electron chi connectivity index (χ1n) is 9.40. The molecule has 0 aliphatic heterocycles. The lowest BCUT2D eigenvalue weighted by Gasteiger charge is -2.20. The van der Waals surface area contributed by atoms with Gasteiger partial charge in [-0.15, -0.1) is 0 Å². The Morgan fingerprint density at radius 1 is 1.21 bits per heavy atom. The van der Waals surface area contributed by atoms with Crippen LogP contribution in [0, 0.1) is 13.8 Å². The van der Waals surface area contributed by atoms with E-state index in [4.69, 9.17) is 9.15 Å². The summed E-state index contributed by atoms with van der Waals surface area (Å²) in [5.41, 5.74) is 3.09. The molecular weight excluding hydrogens is 356 g/mol. The van der Waals surface area contributed by atoms with Crippen molar-refractivity contribution >= 4 is 11.9 Å². The van der Waals surface area contributed by atoms with Crippen LogP contribution in [0.15, 0.2) is 39.9 Å². The molecule has 2 rings (SSSR count). The SMILES string of the molecule is CN=C(NCCCNC(=O)c1occc1C)NC(C)c1cc(C)ccc1OC. The highest BCUT2D eigenvalue weighted by Gasteiger charge is 2.14. The van der Waals surface area contributed by atoms with Crippen LogP contribution < -0.4 is 20.7 Å². The van der Waals surface area contributed by atoms with Gasteiger partial charge in [0, 0.05) is 31.3 Å². The first-order valence-corrected chi connectivity index (χ1v) is 9.40. The number of amides is 1. The monoisotopic (exact) mass is 386 g/mol. The van der Waals surface area contributed by atoms with Gasteiger partial charge in [0.05, 0.1) is 19.4 Å². The van der Waals surface area contributed by atoms with E-state index in [1.807, 2.05) is 19.1 Å². The number of nitrogens with zero attached hydrogens (tertiary/aromatic N) is 1. The number of carbonyl (C=O) groups excluding carboxylic acids is 1. The topological polar surface area (TPSA) is 87.9 Å². The fourth-order valence-corrected chi connectivity index (χ4v) is 2.85. The highest BCUT2D eigenvalue weighted by atomic mass is 16.5. The number of guanidine groups is 1. The quantitative estimate of drug-likeness (QED) is 0.369. The predicted octanol–water partition coefficient (Wildman–Crippen LogP) is 2.95. The number of carbonyl (C=O) groups is 1. The Balaban J connectivity index is 1.78. The second-order valence-electron chi connectivity index (χ2n) is 6.65. The summed E-state index contributed by atoms with van der Waals surface area (Å²) in [4.78, 5) is 16.3. The Morgan fingerprint density at radius 3 is 2.61 bits per heavy atom. The summed E-state index contributed by atoms with van der Waals surface area (Å²) in [6.07, 6.45) is 2.28. The van der Waals surface area contributed by atoms with E-state index in [-0.39, 0.29) is 11.9 Å². The number of aryl methyl sites for hydroxylation is 2. The van der Waals surface area contributed by atoms with Crippen molar-refractivity contribution in [2.45, 2.75) is 33.2 Å². The number of benzene rings is 1. The van der Waals surface area contributed by atoms with Gasteiger partial charge in [-0.05, 0) is 39.3 Å². The van der Waals surface area contributed by atoms with Crippen molar-refractivity contribution in [3.63, 3.8) is 0 Å². The number of hydrogen-bond acceptors (Lipinski definition) is 4. The number of rotatable bonds is 8. The molecule has 0 saturated heterocycles. The first kappa shape index (κ1) is 21.3. The molecule has 0 bridgehead atoms. The van der Waals surface area contributed by atoms with Crippen LogP contribution in [0.3, 0.4) is 0 Å². The van der Waals surface area contributed by atoms with E-state index in [0.29, 0.717) is 24.8 Å². The molecule has 0 radical (unpaired) electrons. The van der Waals surface area contributed by atoms with Gasteiger partial charge < -0.3 is 25.1 Å². The molecule has 1 aromatic carbocycles. The highest BCUT2D eigenvalue weighted by Crippen LogP contribution is 2.25. The van der Waals surface area contributed by atoms with Crippen LogP contribution in [0.2, 0.25) is 0 Å². The van der Waals surface area contributed by atoms with E-state index in [1.54, 1.807) is 20.2 Å². The summed E-state index contributed by atoms with van der Waals surface area (Å²) in [5, 5.41) is 9.49. The van der Waals surface area contributed by atoms with Gasteiger partial charge in [-0.25, -0.2) is 0 Å². The zero-order valence-electron chi connectivity index (χ0n) is 17.3. The van der Waals surface area contributed by atoms with Gasteiger partial charge in [0.25, 0.3) is 5.91 Å². The minimum Gasteiger partial charge on any atom is -0.496 e. The van der Waals surface area contributed by atoms with Gasteiger partial charge in [0.15, 0.2) is 11.7 Å². The predicted molar refractivity (Wildman–Crippen MR) is 111 cm³/mol. The summed E-state index contributed by atoms with van der Waals surface area (Å²) in [6.45, 7) is 7.19. The molecule has 2 aromatic rings. The largest absolute Gasteiger partial charge is 0.496 e. The Morgan fingerprint density at radius 2 is 1.96 bits per heavy atom. The molecule has 28 heavy (non-hydrogen) atoms. The number of ether oxygens (including phenoxy) is 1. The van der Waals surface area contributed by atoms with Crippen molar-refractivity contribution in [3.8, 4) is 5.75 Å². The fraction of sp³-hybridized carbons (Fsp3) is 0.429. The molecule has 3 N–H and O–H groups in total. The number of nitrogens with one attached hydrogen (secondary N) is 3. The molecule has 1 aromatic heterocycles. The van der Waals surface area contributed by atoms with E-state index in [1.165, 1.54) is 11.8 Å². The molecule has 1 unspecified atom stereocenters. The smallest absolute Gasteiger partial charge is 0.287 e. The van der Waals surface area contributed by atoms with Crippen LogP contribution in [0.25, 0.3) is 0 Å². The maximum Gasteiger partial charge on any atom is 0.287 e. The van der Waals surface area contributed by atoms with Gasteiger partial charge >= 0.3 is 0 Å². The van der Waals surface area contributed by atoms with Gasteiger partial charge in [-0.3, -0.25) is 9.79 Å². The molecule has 0 spiro atoms. The van der Waals surface area contributed by atoms with Gasteiger partial charge in [-0.2, -0.15) is 0 Å². The van der Waals surface area contributed by atoms with Gasteiger partial charge in [0.2, 0.25) is 0 Å². The summed E-state index contributed by atoms with van der Waals surface area (Å²) in [6, 6.07) is 7.91. The normalized spacial score (nSPS) is 12.4. The maximum absolute atomic E-state index is 12.0. The lowest BCUT2D eigenvalue weighted by molar-refractivity contribution is 0.0925. The van der Waals surface area contributed by atoms with Crippen molar-refractivity contribution in [2.24, 2.45) is 4.99 Å². The molecule has 0 saturated carbocycles. The highest BCUT2D eigenvalue weighted by molar-refractivity contribution is 5.92. The molecule has 152 valence electrons. The first-order chi connectivity index (χ1) is 13.5.